The highest BCUT2D eigenvalue weighted by molar-refractivity contribution is 5.96. The molecule has 6 heteroatoms. The lowest BCUT2D eigenvalue weighted by Gasteiger charge is -2.23. The van der Waals surface area contributed by atoms with Gasteiger partial charge in [0.2, 0.25) is 11.8 Å². The molecule has 0 aromatic heterocycles. The summed E-state index contributed by atoms with van der Waals surface area (Å²) in [6.45, 7) is 0.960. The lowest BCUT2D eigenvalue weighted by Crippen LogP contribution is -2.46. The third-order valence-corrected chi connectivity index (χ3v) is 1.66. The van der Waals surface area contributed by atoms with Gasteiger partial charge in [-0.15, -0.1) is 0 Å². The fraction of sp³-hybridized carbons (Fsp3) is 0.800. The van der Waals surface area contributed by atoms with Crippen molar-refractivity contribution >= 4 is 11.8 Å². The van der Waals surface area contributed by atoms with Gasteiger partial charge in [-0.25, -0.2) is 0 Å². The molecule has 0 aromatic carbocycles. The lowest BCUT2D eigenvalue weighted by atomic mass is 10.4. The Labute approximate surface area is 97.2 Å². The summed E-state index contributed by atoms with van der Waals surface area (Å²) in [5.74, 6) is -0.503. The van der Waals surface area contributed by atoms with Crippen LogP contribution in [0.4, 0.5) is 0 Å². The van der Waals surface area contributed by atoms with Crippen LogP contribution < -0.4 is 10.6 Å². The SMILES string of the molecule is CN(C)CNC(=O)CC(=O)NC[N+](C)(C)C. The first-order valence-corrected chi connectivity index (χ1v) is 5.19. The van der Waals surface area contributed by atoms with Crippen molar-refractivity contribution in [2.45, 2.75) is 6.42 Å². The average Bonchev–Trinajstić information content (AvgIpc) is 2.10. The van der Waals surface area contributed by atoms with Crippen molar-refractivity contribution in [1.82, 2.24) is 15.5 Å². The first-order valence-electron chi connectivity index (χ1n) is 5.19. The Morgan fingerprint density at radius 3 is 2.00 bits per heavy atom. The Kier molecular flexibility index (Phi) is 5.98. The van der Waals surface area contributed by atoms with E-state index in [-0.39, 0.29) is 18.2 Å². The number of carbonyl (C=O) groups is 2. The lowest BCUT2D eigenvalue weighted by molar-refractivity contribution is -0.872. The smallest absolute Gasteiger partial charge is 0.233 e. The van der Waals surface area contributed by atoms with E-state index < -0.39 is 0 Å². The summed E-state index contributed by atoms with van der Waals surface area (Å²) in [4.78, 5) is 24.4. The maximum absolute atomic E-state index is 11.3. The van der Waals surface area contributed by atoms with Gasteiger partial charge in [0, 0.05) is 0 Å². The number of hydrogen-bond acceptors (Lipinski definition) is 3. The minimum Gasteiger partial charge on any atom is -0.343 e. The molecule has 0 spiro atoms. The van der Waals surface area contributed by atoms with E-state index in [1.165, 1.54) is 0 Å². The Morgan fingerprint density at radius 1 is 1.06 bits per heavy atom. The summed E-state index contributed by atoms with van der Waals surface area (Å²) in [5, 5.41) is 5.33. The van der Waals surface area contributed by atoms with Crippen LogP contribution in [0, 0.1) is 0 Å². The molecule has 94 valence electrons. The molecular formula is C10H23N4O2+. The van der Waals surface area contributed by atoms with E-state index in [9.17, 15) is 9.59 Å². The highest BCUT2D eigenvalue weighted by atomic mass is 16.2. The molecular weight excluding hydrogens is 208 g/mol. The van der Waals surface area contributed by atoms with Crippen LogP contribution in [0.25, 0.3) is 0 Å². The number of nitrogens with one attached hydrogen (secondary N) is 2. The molecule has 0 aromatic rings. The summed E-state index contributed by atoms with van der Waals surface area (Å²) < 4.78 is 0.630. The Morgan fingerprint density at radius 2 is 1.56 bits per heavy atom. The Bertz CT molecular complexity index is 246. The molecule has 16 heavy (non-hydrogen) atoms. The number of carbonyl (C=O) groups excluding carboxylic acids is 2. The number of rotatable bonds is 6. The zero-order valence-electron chi connectivity index (χ0n) is 10.8. The van der Waals surface area contributed by atoms with Gasteiger partial charge in [0.25, 0.3) is 0 Å². The second-order valence-corrected chi connectivity index (χ2v) is 5.06. The summed E-state index contributed by atoms with van der Waals surface area (Å²) >= 11 is 0. The summed E-state index contributed by atoms with van der Waals surface area (Å²) in [6.07, 6.45) is -0.117. The molecule has 0 aliphatic rings. The molecule has 0 heterocycles. The molecule has 0 aliphatic carbocycles. The second-order valence-electron chi connectivity index (χ2n) is 5.06. The number of nitrogens with zero attached hydrogens (tertiary/aromatic N) is 2. The van der Waals surface area contributed by atoms with E-state index in [4.69, 9.17) is 0 Å². The van der Waals surface area contributed by atoms with Crippen molar-refractivity contribution in [2.75, 3.05) is 48.6 Å². The zero-order chi connectivity index (χ0) is 12.8. The van der Waals surface area contributed by atoms with Crippen molar-refractivity contribution in [3.05, 3.63) is 0 Å². The monoisotopic (exact) mass is 231 g/mol. The van der Waals surface area contributed by atoms with E-state index in [1.807, 2.05) is 40.1 Å². The van der Waals surface area contributed by atoms with Gasteiger partial charge in [-0.1, -0.05) is 0 Å². The minimum absolute atomic E-state index is 0.117. The topological polar surface area (TPSA) is 61.4 Å². The van der Waals surface area contributed by atoms with Gasteiger partial charge in [0.15, 0.2) is 6.67 Å². The van der Waals surface area contributed by atoms with Gasteiger partial charge in [-0.05, 0) is 14.1 Å². The predicted octanol–water partition coefficient (Wildman–Crippen LogP) is -1.21. The fourth-order valence-electron chi connectivity index (χ4n) is 0.842. The Hall–Kier alpha value is -1.14. The quantitative estimate of drug-likeness (QED) is 0.343. The molecule has 0 bridgehead atoms. The molecule has 0 aliphatic heterocycles. The maximum atomic E-state index is 11.3. The second kappa shape index (κ2) is 6.44. The summed E-state index contributed by atoms with van der Waals surface area (Å²) in [6, 6.07) is 0. The number of hydrogen-bond donors (Lipinski definition) is 2. The van der Waals surface area contributed by atoms with Crippen molar-refractivity contribution in [1.29, 1.82) is 0 Å². The first-order chi connectivity index (χ1) is 7.20. The zero-order valence-corrected chi connectivity index (χ0v) is 10.8. The fourth-order valence-corrected chi connectivity index (χ4v) is 0.842. The highest BCUT2D eigenvalue weighted by Crippen LogP contribution is 1.87. The van der Waals surface area contributed by atoms with Gasteiger partial charge >= 0.3 is 0 Å². The van der Waals surface area contributed by atoms with Crippen molar-refractivity contribution < 1.29 is 14.1 Å². The number of amides is 2. The molecule has 0 saturated carbocycles. The maximum Gasteiger partial charge on any atom is 0.233 e. The summed E-state index contributed by atoms with van der Waals surface area (Å²) in [5.41, 5.74) is 0. The molecule has 0 unspecified atom stereocenters. The standard InChI is InChI=1S/C10H22N4O2/c1-13(2)7-11-9(15)6-10(16)12-8-14(3,4)5/h6-8H2,1-5H3,(H-,11,12,15,16)/p+1. The van der Waals surface area contributed by atoms with Crippen LogP contribution in [0.3, 0.4) is 0 Å². The third-order valence-electron chi connectivity index (χ3n) is 1.66. The van der Waals surface area contributed by atoms with Crippen LogP contribution in [0.15, 0.2) is 0 Å². The van der Waals surface area contributed by atoms with Gasteiger partial charge in [0.05, 0.1) is 27.8 Å². The van der Waals surface area contributed by atoms with E-state index in [1.54, 1.807) is 0 Å². The average molecular weight is 231 g/mol. The van der Waals surface area contributed by atoms with Gasteiger partial charge < -0.3 is 15.1 Å². The van der Waals surface area contributed by atoms with Crippen LogP contribution >= 0.6 is 0 Å². The van der Waals surface area contributed by atoms with E-state index in [2.05, 4.69) is 10.6 Å². The molecule has 0 atom stereocenters. The highest BCUT2D eigenvalue weighted by Gasteiger charge is 2.12. The van der Waals surface area contributed by atoms with Gasteiger partial charge in [-0.3, -0.25) is 14.5 Å². The molecule has 0 rings (SSSR count). The molecule has 2 amide bonds. The molecule has 0 fully saturated rings. The van der Waals surface area contributed by atoms with Crippen LogP contribution in [0.1, 0.15) is 6.42 Å². The molecule has 6 nitrogen and oxygen atoms in total. The van der Waals surface area contributed by atoms with E-state index in [0.717, 1.165) is 0 Å². The van der Waals surface area contributed by atoms with Crippen LogP contribution in [-0.2, 0) is 9.59 Å². The van der Waals surface area contributed by atoms with E-state index in [0.29, 0.717) is 17.8 Å². The van der Waals surface area contributed by atoms with Crippen molar-refractivity contribution in [3.63, 3.8) is 0 Å². The van der Waals surface area contributed by atoms with Gasteiger partial charge in [0.1, 0.15) is 6.42 Å². The Balaban J connectivity index is 3.75. The summed E-state index contributed by atoms with van der Waals surface area (Å²) in [7, 11) is 9.58. The third kappa shape index (κ3) is 9.42. The van der Waals surface area contributed by atoms with E-state index >= 15 is 0 Å². The molecule has 2 N–H and O–H groups in total. The van der Waals surface area contributed by atoms with Crippen molar-refractivity contribution in [2.24, 2.45) is 0 Å². The largest absolute Gasteiger partial charge is 0.343 e. The van der Waals surface area contributed by atoms with Crippen LogP contribution in [0.2, 0.25) is 0 Å². The van der Waals surface area contributed by atoms with Crippen molar-refractivity contribution in [3.8, 4) is 0 Å². The van der Waals surface area contributed by atoms with Gasteiger partial charge in [-0.2, -0.15) is 0 Å². The normalized spacial score (nSPS) is 11.4. The van der Waals surface area contributed by atoms with Crippen LogP contribution in [-0.4, -0.2) is 69.8 Å². The predicted molar refractivity (Wildman–Crippen MR) is 62.4 cm³/mol. The van der Waals surface area contributed by atoms with Crippen LogP contribution in [0.5, 0.6) is 0 Å². The number of quaternary nitrogens is 1. The minimum atomic E-state index is -0.257. The molecule has 0 saturated heterocycles. The first kappa shape index (κ1) is 14.9. The molecule has 0 radical (unpaired) electrons.